The number of para-hydroxylation sites is 1. The van der Waals surface area contributed by atoms with Gasteiger partial charge in [0.1, 0.15) is 11.6 Å². The number of aryl methyl sites for hydroxylation is 1. The molecule has 49 heavy (non-hydrogen) atoms. The quantitative estimate of drug-likeness (QED) is 0.0945. The number of benzene rings is 1. The number of hydrogen-bond donors (Lipinski definition) is 5. The van der Waals surface area contributed by atoms with Gasteiger partial charge in [0.2, 0.25) is 0 Å². The molecule has 5 rings (SSSR count). The van der Waals surface area contributed by atoms with Crippen molar-refractivity contribution in [2.24, 2.45) is 5.73 Å². The minimum atomic E-state index is -0.772. The number of fused-ring (bicyclic) bond motifs is 2. The van der Waals surface area contributed by atoms with E-state index in [0.717, 1.165) is 69.8 Å². The number of nitrogens with zero attached hydrogens (tertiary/aromatic N) is 5. The molecule has 6 N–H and O–H groups in total. The number of likely N-dealkylation sites (tertiary alicyclic amines) is 1. The van der Waals surface area contributed by atoms with Crippen LogP contribution in [0.1, 0.15) is 44.4 Å². The summed E-state index contributed by atoms with van der Waals surface area (Å²) in [6, 6.07) is 11.5. The molecule has 1 aromatic carbocycles. The van der Waals surface area contributed by atoms with Crippen LogP contribution < -0.4 is 10.6 Å². The van der Waals surface area contributed by atoms with Gasteiger partial charge in [-0.2, -0.15) is 0 Å². The molecule has 13 heteroatoms. The number of carboxylic acid groups (broad SMARTS) is 1. The number of ether oxygens (including phenoxy) is 2. The van der Waals surface area contributed by atoms with Gasteiger partial charge >= 0.3 is 5.97 Å². The number of allylic oxidation sites excluding steroid dienone is 1. The zero-order valence-electron chi connectivity index (χ0n) is 29.0. The fourth-order valence-electron chi connectivity index (χ4n) is 6.77. The van der Waals surface area contributed by atoms with Crippen LogP contribution in [0.4, 0.5) is 5.69 Å². The molecule has 2 aromatic rings. The van der Waals surface area contributed by atoms with Crippen molar-refractivity contribution in [3.63, 3.8) is 0 Å². The van der Waals surface area contributed by atoms with Crippen molar-refractivity contribution < 1.29 is 24.5 Å². The number of aromatic nitrogens is 1. The summed E-state index contributed by atoms with van der Waals surface area (Å²) >= 11 is 0. The van der Waals surface area contributed by atoms with E-state index in [2.05, 4.69) is 31.8 Å². The zero-order valence-corrected chi connectivity index (χ0v) is 29.0. The highest BCUT2D eigenvalue weighted by Crippen LogP contribution is 2.36. The van der Waals surface area contributed by atoms with E-state index in [-0.39, 0.29) is 35.9 Å². The largest absolute Gasteiger partial charge is 0.507 e. The van der Waals surface area contributed by atoms with E-state index in [9.17, 15) is 9.90 Å². The Morgan fingerprint density at radius 3 is 2.29 bits per heavy atom. The van der Waals surface area contributed by atoms with Gasteiger partial charge in [0.25, 0.3) is 0 Å². The van der Waals surface area contributed by atoms with Gasteiger partial charge in [0, 0.05) is 87.6 Å². The molecule has 3 aliphatic rings. The molecule has 0 amide bonds. The Hall–Kier alpha value is -4.04. The summed E-state index contributed by atoms with van der Waals surface area (Å²) in [6.45, 7) is 12.0. The number of phenolic OH excluding ortho intramolecular Hbond substituents is 1. The van der Waals surface area contributed by atoms with E-state index >= 15 is 0 Å². The van der Waals surface area contributed by atoms with Crippen molar-refractivity contribution >= 4 is 23.2 Å². The van der Waals surface area contributed by atoms with E-state index in [1.165, 1.54) is 0 Å². The number of pyridine rings is 1. The Bertz CT molecular complexity index is 1400. The Labute approximate surface area is 290 Å². The molecular weight excluding hydrogens is 624 g/mol. The molecule has 0 radical (unpaired) electrons. The first-order valence-corrected chi connectivity index (χ1v) is 17.5. The maximum Gasteiger partial charge on any atom is 0.317 e. The number of rotatable bonds is 17. The van der Waals surface area contributed by atoms with Crippen LogP contribution in [0.2, 0.25) is 0 Å². The molecule has 3 fully saturated rings. The van der Waals surface area contributed by atoms with Gasteiger partial charge in [-0.15, -0.1) is 0 Å². The number of carboxylic acids is 1. The molecule has 3 saturated heterocycles. The molecule has 3 aliphatic heterocycles. The van der Waals surface area contributed by atoms with Gasteiger partial charge in [0.05, 0.1) is 37.8 Å². The first-order chi connectivity index (χ1) is 23.8. The van der Waals surface area contributed by atoms with Crippen molar-refractivity contribution in [2.45, 2.75) is 51.6 Å². The maximum absolute atomic E-state index is 10.8. The summed E-state index contributed by atoms with van der Waals surface area (Å²) < 4.78 is 11.5. The van der Waals surface area contributed by atoms with E-state index in [4.69, 9.17) is 31.1 Å². The summed E-state index contributed by atoms with van der Waals surface area (Å²) in [7, 11) is 0. The Kier molecular flexibility index (Phi) is 14.8. The smallest absolute Gasteiger partial charge is 0.317 e. The maximum atomic E-state index is 10.8. The van der Waals surface area contributed by atoms with Crippen LogP contribution in [-0.2, 0) is 20.7 Å². The lowest BCUT2D eigenvalue weighted by atomic mass is 10.1. The predicted molar refractivity (Wildman–Crippen MR) is 192 cm³/mol. The third-order valence-electron chi connectivity index (χ3n) is 9.14. The lowest BCUT2D eigenvalue weighted by molar-refractivity contribution is -0.138. The van der Waals surface area contributed by atoms with Crippen LogP contribution in [0.5, 0.6) is 5.75 Å². The average Bonchev–Trinajstić information content (AvgIpc) is 3.36. The first kappa shape index (κ1) is 37.8. The molecule has 0 saturated carbocycles. The lowest BCUT2D eigenvalue weighted by Crippen LogP contribution is -2.54. The van der Waals surface area contributed by atoms with Crippen molar-refractivity contribution in [1.82, 2.24) is 19.7 Å². The number of anilines is 1. The second kappa shape index (κ2) is 19.2. The number of aromatic hydroxyl groups is 1. The number of carbonyl (C=O) groups is 1. The molecule has 13 nitrogen and oxygen atoms in total. The van der Waals surface area contributed by atoms with Crippen molar-refractivity contribution in [2.75, 3.05) is 83.7 Å². The second-order valence-corrected chi connectivity index (χ2v) is 12.4. The van der Waals surface area contributed by atoms with E-state index < -0.39 is 5.97 Å². The monoisotopic (exact) mass is 678 g/mol. The van der Waals surface area contributed by atoms with Crippen LogP contribution in [0.25, 0.3) is 0 Å². The molecule has 0 spiro atoms. The molecule has 1 aromatic heterocycles. The summed E-state index contributed by atoms with van der Waals surface area (Å²) in [5.41, 5.74) is 9.26. The van der Waals surface area contributed by atoms with Crippen molar-refractivity contribution in [3.8, 4) is 5.75 Å². The van der Waals surface area contributed by atoms with Crippen molar-refractivity contribution in [1.29, 1.82) is 10.8 Å². The molecular formula is C36H54N8O5. The highest BCUT2D eigenvalue weighted by atomic mass is 16.5. The number of hydrogen-bond acceptors (Lipinski definition) is 11. The Morgan fingerprint density at radius 1 is 0.980 bits per heavy atom. The van der Waals surface area contributed by atoms with E-state index in [1.54, 1.807) is 30.3 Å². The average molecular weight is 679 g/mol. The third-order valence-corrected chi connectivity index (χ3v) is 9.14. The second-order valence-electron chi connectivity index (χ2n) is 12.4. The van der Waals surface area contributed by atoms with Crippen LogP contribution >= 0.6 is 0 Å². The summed E-state index contributed by atoms with van der Waals surface area (Å²) in [4.78, 5) is 24.3. The molecule has 0 aliphatic carbocycles. The number of nitrogens with one attached hydrogen (secondary N) is 2. The van der Waals surface area contributed by atoms with Gasteiger partial charge in [-0.25, -0.2) is 0 Å². The van der Waals surface area contributed by atoms with Gasteiger partial charge in [-0.05, 0) is 56.0 Å². The molecule has 268 valence electrons. The van der Waals surface area contributed by atoms with Gasteiger partial charge < -0.3 is 40.6 Å². The van der Waals surface area contributed by atoms with Gasteiger partial charge in [-0.1, -0.05) is 26.0 Å². The van der Waals surface area contributed by atoms with Gasteiger partial charge in [-0.3, -0.25) is 25.0 Å². The minimum Gasteiger partial charge on any atom is -0.507 e. The number of amidine groups is 1. The Balaban J connectivity index is 0.00000265. The van der Waals surface area contributed by atoms with E-state index in [1.807, 2.05) is 24.9 Å². The minimum absolute atomic E-state index is 0.0327. The molecule has 2 bridgehead atoms. The number of nitrogens with two attached hydrogens (primary N) is 1. The van der Waals surface area contributed by atoms with Crippen LogP contribution in [0, 0.1) is 10.8 Å². The van der Waals surface area contributed by atoms with E-state index in [0.29, 0.717) is 50.8 Å². The van der Waals surface area contributed by atoms with Crippen LogP contribution in [0.3, 0.4) is 0 Å². The summed E-state index contributed by atoms with van der Waals surface area (Å²) in [5, 5.41) is 35.9. The standard InChI is InChI=1S/C34H48N8O5.C2H6/c35-30(29-5-1-2-6-32(29)43)21-31(34(36)37)41-22-27-7-8-28(23-41)42(27)26-9-10-38-25(20-26)4-3-16-46-18-19-47-17-15-39-11-13-40(14-12-39)24-33(44)45;1-2/h1-2,5-6,9-10,20-21,27-28,35,43H,3-4,7-8,11-19,22-24H2,(H3,36,37)(H,44,45);1-2H3/b31-21+,35-30?;. The lowest BCUT2D eigenvalue weighted by Gasteiger charge is -2.44. The molecule has 4 heterocycles. The first-order valence-electron chi connectivity index (χ1n) is 17.5. The van der Waals surface area contributed by atoms with Crippen molar-refractivity contribution in [3.05, 3.63) is 65.6 Å². The molecule has 2 atom stereocenters. The van der Waals surface area contributed by atoms with Crippen LogP contribution in [-0.4, -0.2) is 138 Å². The summed E-state index contributed by atoms with van der Waals surface area (Å²) in [6.07, 6.45) is 7.25. The van der Waals surface area contributed by atoms with Gasteiger partial charge in [0.15, 0.2) is 0 Å². The highest BCUT2D eigenvalue weighted by Gasteiger charge is 2.41. The highest BCUT2D eigenvalue weighted by molar-refractivity contribution is 6.12. The summed E-state index contributed by atoms with van der Waals surface area (Å²) in [5.74, 6) is -0.820. The topological polar surface area (TPSA) is 176 Å². The number of aliphatic carboxylic acids is 1. The van der Waals surface area contributed by atoms with Crippen LogP contribution in [0.15, 0.2) is 54.4 Å². The third kappa shape index (κ3) is 11.0. The predicted octanol–water partition coefficient (Wildman–Crippen LogP) is 3.02. The zero-order chi connectivity index (χ0) is 35.2. The SMILES string of the molecule is CC.N=C(N)/C(=C\C(=N)c1ccccc1O)N1CC2CCC(C1)N2c1ccnc(CCCOCCOCCN2CCN(CC(=O)O)CC2)c1. The normalized spacial score (nSPS) is 19.8. The fourth-order valence-corrected chi connectivity index (χ4v) is 6.77. The fraction of sp³-hybridized carbons (Fsp3) is 0.556. The number of phenols is 1. The molecule has 2 unspecified atom stereocenters. The Morgan fingerprint density at radius 2 is 1.63 bits per heavy atom. The number of piperazine rings is 2.